The summed E-state index contributed by atoms with van der Waals surface area (Å²) in [6, 6.07) is 15.7. The first-order chi connectivity index (χ1) is 16.1. The van der Waals surface area contributed by atoms with Gasteiger partial charge in [-0.05, 0) is 68.1 Å². The maximum Gasteiger partial charge on any atom is 0.243 e. The zero-order valence-electron chi connectivity index (χ0n) is 19.4. The number of benzene rings is 2. The van der Waals surface area contributed by atoms with Crippen LogP contribution in [0, 0.1) is 6.92 Å². The lowest BCUT2D eigenvalue weighted by Gasteiger charge is -2.30. The molecule has 2 atom stereocenters. The van der Waals surface area contributed by atoms with E-state index in [-0.39, 0.29) is 18.1 Å². The first kappa shape index (κ1) is 23.3. The Morgan fingerprint density at radius 1 is 1.30 bits per heavy atom. The van der Waals surface area contributed by atoms with Crippen molar-refractivity contribution in [2.45, 2.75) is 45.3 Å². The molecule has 1 fully saturated rings. The number of aromatic nitrogens is 1. The van der Waals surface area contributed by atoms with E-state index in [1.807, 2.05) is 48.7 Å². The Balaban J connectivity index is 1.63. The second-order valence-electron chi connectivity index (χ2n) is 8.26. The number of amides is 1. The van der Waals surface area contributed by atoms with Gasteiger partial charge in [0.25, 0.3) is 0 Å². The molecule has 1 saturated heterocycles. The number of aryl methyl sites for hydroxylation is 1. The molecule has 33 heavy (non-hydrogen) atoms. The zero-order chi connectivity index (χ0) is 23.2. The van der Waals surface area contributed by atoms with Gasteiger partial charge in [0, 0.05) is 29.8 Å². The van der Waals surface area contributed by atoms with E-state index in [0.29, 0.717) is 13.0 Å². The highest BCUT2D eigenvalue weighted by Gasteiger charge is 2.29. The molecule has 4 rings (SSSR count). The largest absolute Gasteiger partial charge is 0.497 e. The minimum absolute atomic E-state index is 0.00398. The van der Waals surface area contributed by atoms with E-state index in [2.05, 4.69) is 29.3 Å². The number of ether oxygens (including phenoxy) is 2. The monoisotopic (exact) mass is 465 g/mol. The van der Waals surface area contributed by atoms with Crippen LogP contribution in [0.1, 0.15) is 31.7 Å². The topological polar surface area (TPSA) is 63.7 Å². The van der Waals surface area contributed by atoms with Crippen LogP contribution < -0.4 is 15.0 Å². The third kappa shape index (κ3) is 5.54. The van der Waals surface area contributed by atoms with Crippen molar-refractivity contribution in [3.63, 3.8) is 0 Å². The summed E-state index contributed by atoms with van der Waals surface area (Å²) >= 11 is 1.55. The smallest absolute Gasteiger partial charge is 0.243 e. The van der Waals surface area contributed by atoms with E-state index in [4.69, 9.17) is 14.5 Å². The number of nitrogens with one attached hydrogen (secondary N) is 1. The highest BCUT2D eigenvalue weighted by atomic mass is 32.1. The molecule has 1 aliphatic rings. The van der Waals surface area contributed by atoms with Crippen molar-refractivity contribution in [3.8, 4) is 17.0 Å². The predicted octanol–water partition coefficient (Wildman–Crippen LogP) is 5.34. The van der Waals surface area contributed by atoms with Crippen molar-refractivity contribution in [1.82, 2.24) is 10.3 Å². The Labute approximate surface area is 199 Å². The van der Waals surface area contributed by atoms with Crippen LogP contribution in [0.3, 0.4) is 0 Å². The molecule has 0 bridgehead atoms. The fourth-order valence-corrected chi connectivity index (χ4v) is 5.00. The second-order valence-corrected chi connectivity index (χ2v) is 9.09. The molecule has 7 heteroatoms. The van der Waals surface area contributed by atoms with Crippen LogP contribution in [0.2, 0.25) is 0 Å². The molecule has 3 aromatic rings. The number of anilines is 2. The Morgan fingerprint density at radius 2 is 2.12 bits per heavy atom. The van der Waals surface area contributed by atoms with Crippen LogP contribution in [0.15, 0.2) is 53.9 Å². The number of hydrogen-bond donors (Lipinski definition) is 1. The van der Waals surface area contributed by atoms with Gasteiger partial charge in [-0.3, -0.25) is 4.79 Å². The summed E-state index contributed by atoms with van der Waals surface area (Å²) in [5, 5.41) is 5.95. The molecule has 0 spiro atoms. The predicted molar refractivity (Wildman–Crippen MR) is 133 cm³/mol. The van der Waals surface area contributed by atoms with E-state index < -0.39 is 0 Å². The molecule has 2 unspecified atom stereocenters. The Morgan fingerprint density at radius 3 is 2.79 bits per heavy atom. The zero-order valence-corrected chi connectivity index (χ0v) is 20.2. The maximum absolute atomic E-state index is 13.3. The molecule has 1 N–H and O–H groups in total. The van der Waals surface area contributed by atoms with Crippen LogP contribution in [-0.4, -0.2) is 43.3 Å². The minimum Gasteiger partial charge on any atom is -0.497 e. The van der Waals surface area contributed by atoms with Crippen molar-refractivity contribution in [2.24, 2.45) is 0 Å². The quantitative estimate of drug-likeness (QED) is 0.462. The lowest BCUT2D eigenvalue weighted by molar-refractivity contribution is -0.122. The molecule has 1 amide bonds. The van der Waals surface area contributed by atoms with Crippen molar-refractivity contribution in [1.29, 1.82) is 0 Å². The normalized spacial score (nSPS) is 16.4. The van der Waals surface area contributed by atoms with Gasteiger partial charge in [-0.15, -0.1) is 11.3 Å². The number of hydrogen-bond acceptors (Lipinski definition) is 6. The van der Waals surface area contributed by atoms with Crippen molar-refractivity contribution in [3.05, 3.63) is 59.5 Å². The number of nitrogens with zero attached hydrogens (tertiary/aromatic N) is 2. The van der Waals surface area contributed by atoms with E-state index >= 15 is 0 Å². The number of rotatable bonds is 9. The molecule has 6 nitrogen and oxygen atoms in total. The van der Waals surface area contributed by atoms with Gasteiger partial charge in [0.2, 0.25) is 5.91 Å². The summed E-state index contributed by atoms with van der Waals surface area (Å²) in [6.07, 6.45) is 2.82. The Kier molecular flexibility index (Phi) is 7.62. The van der Waals surface area contributed by atoms with Gasteiger partial charge in [-0.1, -0.05) is 19.1 Å². The fourth-order valence-electron chi connectivity index (χ4n) is 4.09. The van der Waals surface area contributed by atoms with E-state index in [1.54, 1.807) is 18.4 Å². The standard InChI is InChI=1S/C26H31N3O3S/c1-4-24(25(30)27-16-22-9-6-14-32-22)29(20-8-5-7-18(2)15-20)26-28-23(17-33-26)19-10-12-21(31-3)13-11-19/h5,7-8,10-13,15,17,22,24H,4,6,9,14,16H2,1-3H3,(H,27,30). The van der Waals surface area contributed by atoms with Gasteiger partial charge in [-0.2, -0.15) is 0 Å². The van der Waals surface area contributed by atoms with Gasteiger partial charge in [0.05, 0.1) is 18.9 Å². The summed E-state index contributed by atoms with van der Waals surface area (Å²) in [5.74, 6) is 0.806. The molecular formula is C26H31N3O3S. The van der Waals surface area contributed by atoms with Gasteiger partial charge in [0.15, 0.2) is 5.13 Å². The third-order valence-electron chi connectivity index (χ3n) is 5.89. The molecular weight excluding hydrogens is 434 g/mol. The van der Waals surface area contributed by atoms with Gasteiger partial charge >= 0.3 is 0 Å². The van der Waals surface area contributed by atoms with Crippen molar-refractivity contribution in [2.75, 3.05) is 25.2 Å². The van der Waals surface area contributed by atoms with Crippen LogP contribution in [0.4, 0.5) is 10.8 Å². The Hall–Kier alpha value is -2.90. The lowest BCUT2D eigenvalue weighted by Crippen LogP contribution is -2.46. The first-order valence-electron chi connectivity index (χ1n) is 11.4. The molecule has 0 radical (unpaired) electrons. The van der Waals surface area contributed by atoms with Gasteiger partial charge < -0.3 is 19.7 Å². The van der Waals surface area contributed by atoms with Gasteiger partial charge in [0.1, 0.15) is 11.8 Å². The molecule has 2 aromatic carbocycles. The Bertz CT molecular complexity index is 1060. The number of thiazole rings is 1. The number of carbonyl (C=O) groups excluding carboxylic acids is 1. The molecule has 1 aromatic heterocycles. The number of methoxy groups -OCH3 is 1. The summed E-state index contributed by atoms with van der Waals surface area (Å²) < 4.78 is 11.0. The second kappa shape index (κ2) is 10.8. The van der Waals surface area contributed by atoms with Crippen molar-refractivity contribution >= 4 is 28.1 Å². The fraction of sp³-hybridized carbons (Fsp3) is 0.385. The third-order valence-corrected chi connectivity index (χ3v) is 6.73. The SMILES string of the molecule is CCC(C(=O)NCC1CCCO1)N(c1cccc(C)c1)c1nc(-c2ccc(OC)cc2)cs1. The lowest BCUT2D eigenvalue weighted by atomic mass is 10.1. The van der Waals surface area contributed by atoms with Crippen LogP contribution >= 0.6 is 11.3 Å². The molecule has 2 heterocycles. The van der Waals surface area contributed by atoms with E-state index in [9.17, 15) is 4.79 Å². The summed E-state index contributed by atoms with van der Waals surface area (Å²) in [6.45, 7) is 5.42. The van der Waals surface area contributed by atoms with Crippen LogP contribution in [0.25, 0.3) is 11.3 Å². The summed E-state index contributed by atoms with van der Waals surface area (Å²) in [5.41, 5.74) is 3.99. The highest BCUT2D eigenvalue weighted by Crippen LogP contribution is 2.35. The summed E-state index contributed by atoms with van der Waals surface area (Å²) in [7, 11) is 1.66. The minimum atomic E-state index is -0.372. The van der Waals surface area contributed by atoms with E-state index in [1.165, 1.54) is 0 Å². The highest BCUT2D eigenvalue weighted by molar-refractivity contribution is 7.14. The summed E-state index contributed by atoms with van der Waals surface area (Å²) in [4.78, 5) is 20.3. The number of carbonyl (C=O) groups is 1. The average molecular weight is 466 g/mol. The van der Waals surface area contributed by atoms with E-state index in [0.717, 1.165) is 52.8 Å². The molecule has 0 aliphatic carbocycles. The van der Waals surface area contributed by atoms with Gasteiger partial charge in [-0.25, -0.2) is 4.98 Å². The first-order valence-corrected chi connectivity index (χ1v) is 12.3. The molecule has 174 valence electrons. The average Bonchev–Trinajstić information content (AvgIpc) is 3.53. The van der Waals surface area contributed by atoms with Crippen LogP contribution in [0.5, 0.6) is 5.75 Å². The maximum atomic E-state index is 13.3. The van der Waals surface area contributed by atoms with Crippen molar-refractivity contribution < 1.29 is 14.3 Å². The van der Waals surface area contributed by atoms with Crippen LogP contribution in [-0.2, 0) is 9.53 Å². The molecule has 0 saturated carbocycles. The molecule has 1 aliphatic heterocycles.